The number of hydrogen-bond donors (Lipinski definition) is 1. The maximum atomic E-state index is 13.1. The molecule has 0 unspecified atom stereocenters. The van der Waals surface area contributed by atoms with Crippen LogP contribution in [0.5, 0.6) is 0 Å². The van der Waals surface area contributed by atoms with Crippen LogP contribution in [0.4, 0.5) is 10.1 Å². The number of alkyl halides is 1. The molecule has 0 radical (unpaired) electrons. The molecule has 3 aromatic heterocycles. The van der Waals surface area contributed by atoms with E-state index in [2.05, 4.69) is 20.6 Å². The van der Waals surface area contributed by atoms with Gasteiger partial charge in [-0.2, -0.15) is 10.1 Å². The number of rotatable bonds is 4. The molecule has 1 fully saturated rings. The fraction of sp³-hybridized carbons (Fsp3) is 0.158. The average Bonchev–Trinajstić information content (AvgIpc) is 3.11. The first kappa shape index (κ1) is 15.7. The van der Waals surface area contributed by atoms with Gasteiger partial charge >= 0.3 is 0 Å². The fourth-order valence-electron chi connectivity index (χ4n) is 2.95. The van der Waals surface area contributed by atoms with Gasteiger partial charge in [-0.25, -0.2) is 8.91 Å². The standard InChI is InChI=1S/C19H14FN5O2/c20-14-9-13(14)19-23-17(24-27-19)11-4-3-5-12(8-11)18(26)22-15-10-21-25-7-2-1-6-16(15)25/h1-8,10,13-14H,9H2,(H,22,26)/t13-,14-/m0/s1. The van der Waals surface area contributed by atoms with Crippen molar-refractivity contribution in [3.63, 3.8) is 0 Å². The van der Waals surface area contributed by atoms with Crippen LogP contribution in [-0.2, 0) is 0 Å². The van der Waals surface area contributed by atoms with Gasteiger partial charge < -0.3 is 9.84 Å². The number of nitrogens with zero attached hydrogens (tertiary/aromatic N) is 4. The molecule has 3 heterocycles. The van der Waals surface area contributed by atoms with Crippen LogP contribution in [0.15, 0.2) is 59.4 Å². The van der Waals surface area contributed by atoms with Crippen molar-refractivity contribution in [3.05, 3.63) is 66.3 Å². The minimum absolute atomic E-state index is 0.273. The summed E-state index contributed by atoms with van der Waals surface area (Å²) in [5, 5.41) is 11.0. The number of benzene rings is 1. The van der Waals surface area contributed by atoms with Crippen LogP contribution in [-0.4, -0.2) is 31.8 Å². The second-order valence-electron chi connectivity index (χ2n) is 6.44. The van der Waals surface area contributed by atoms with Gasteiger partial charge in [0.1, 0.15) is 6.17 Å². The minimum Gasteiger partial charge on any atom is -0.339 e. The van der Waals surface area contributed by atoms with Crippen LogP contribution in [0.25, 0.3) is 16.9 Å². The number of hydrogen-bond acceptors (Lipinski definition) is 5. The second-order valence-corrected chi connectivity index (χ2v) is 6.44. The molecule has 0 aliphatic heterocycles. The third kappa shape index (κ3) is 2.84. The Labute approximate surface area is 152 Å². The van der Waals surface area contributed by atoms with Crippen molar-refractivity contribution in [2.75, 3.05) is 5.32 Å². The number of fused-ring (bicyclic) bond motifs is 1. The van der Waals surface area contributed by atoms with Crippen LogP contribution in [0, 0.1) is 0 Å². The molecule has 8 heteroatoms. The number of pyridine rings is 1. The van der Waals surface area contributed by atoms with Gasteiger partial charge in [-0.3, -0.25) is 4.79 Å². The molecule has 0 spiro atoms. The summed E-state index contributed by atoms with van der Waals surface area (Å²) < 4.78 is 20.0. The summed E-state index contributed by atoms with van der Waals surface area (Å²) >= 11 is 0. The molecule has 4 aromatic rings. The zero-order valence-electron chi connectivity index (χ0n) is 14.0. The predicted molar refractivity (Wildman–Crippen MR) is 95.1 cm³/mol. The van der Waals surface area contributed by atoms with Gasteiger partial charge in [0.2, 0.25) is 11.7 Å². The van der Waals surface area contributed by atoms with E-state index in [1.807, 2.05) is 18.2 Å². The summed E-state index contributed by atoms with van der Waals surface area (Å²) in [6.07, 6.45) is 2.93. The van der Waals surface area contributed by atoms with E-state index in [-0.39, 0.29) is 11.8 Å². The van der Waals surface area contributed by atoms with Gasteiger partial charge in [-0.1, -0.05) is 23.4 Å². The lowest BCUT2D eigenvalue weighted by Gasteiger charge is -2.04. The molecule has 1 N–H and O–H groups in total. The molecule has 27 heavy (non-hydrogen) atoms. The molecule has 134 valence electrons. The Hall–Kier alpha value is -3.55. The van der Waals surface area contributed by atoms with Gasteiger partial charge in [0.25, 0.3) is 5.91 Å². The molecule has 1 aromatic carbocycles. The second kappa shape index (κ2) is 6.01. The maximum absolute atomic E-state index is 13.1. The van der Waals surface area contributed by atoms with E-state index in [1.165, 1.54) is 0 Å². The first-order valence-corrected chi connectivity index (χ1v) is 8.51. The Balaban J connectivity index is 1.40. The Morgan fingerprint density at radius 1 is 1.26 bits per heavy atom. The number of aromatic nitrogens is 4. The van der Waals surface area contributed by atoms with E-state index in [4.69, 9.17) is 4.52 Å². The third-order valence-corrected chi connectivity index (χ3v) is 4.53. The monoisotopic (exact) mass is 363 g/mol. The summed E-state index contributed by atoms with van der Waals surface area (Å²) in [5.74, 6) is 0.0760. The maximum Gasteiger partial charge on any atom is 0.255 e. The highest BCUT2D eigenvalue weighted by atomic mass is 19.1. The highest BCUT2D eigenvalue weighted by Gasteiger charge is 2.43. The largest absolute Gasteiger partial charge is 0.339 e. The zero-order chi connectivity index (χ0) is 18.4. The van der Waals surface area contributed by atoms with E-state index >= 15 is 0 Å². The Morgan fingerprint density at radius 3 is 3.00 bits per heavy atom. The summed E-state index contributed by atoms with van der Waals surface area (Å²) in [7, 11) is 0. The van der Waals surface area contributed by atoms with Crippen LogP contribution < -0.4 is 5.32 Å². The van der Waals surface area contributed by atoms with Gasteiger partial charge in [-0.05, 0) is 30.7 Å². The van der Waals surface area contributed by atoms with Crippen LogP contribution >= 0.6 is 0 Å². The lowest BCUT2D eigenvalue weighted by Crippen LogP contribution is -2.11. The van der Waals surface area contributed by atoms with Crippen molar-refractivity contribution in [3.8, 4) is 11.4 Å². The smallest absolute Gasteiger partial charge is 0.255 e. The highest BCUT2D eigenvalue weighted by molar-refractivity contribution is 6.06. The number of nitrogens with one attached hydrogen (secondary N) is 1. The van der Waals surface area contributed by atoms with Crippen LogP contribution in [0.1, 0.15) is 28.6 Å². The molecule has 1 aliphatic rings. The van der Waals surface area contributed by atoms with Crippen molar-refractivity contribution in [1.29, 1.82) is 0 Å². The third-order valence-electron chi connectivity index (χ3n) is 4.53. The lowest BCUT2D eigenvalue weighted by atomic mass is 10.1. The van der Waals surface area contributed by atoms with Crippen LogP contribution in [0.3, 0.4) is 0 Å². The van der Waals surface area contributed by atoms with Crippen molar-refractivity contribution in [1.82, 2.24) is 19.8 Å². The number of carbonyl (C=O) groups is 1. The normalized spacial score (nSPS) is 18.6. The Morgan fingerprint density at radius 2 is 2.15 bits per heavy atom. The Kier molecular flexibility index (Phi) is 3.49. The van der Waals surface area contributed by atoms with Crippen molar-refractivity contribution < 1.29 is 13.7 Å². The van der Waals surface area contributed by atoms with E-state index in [9.17, 15) is 9.18 Å². The van der Waals surface area contributed by atoms with Gasteiger partial charge in [0, 0.05) is 17.3 Å². The van der Waals surface area contributed by atoms with Gasteiger partial charge in [0.05, 0.1) is 23.3 Å². The first-order chi connectivity index (χ1) is 13.2. The summed E-state index contributed by atoms with van der Waals surface area (Å²) in [6, 6.07) is 12.5. The quantitative estimate of drug-likeness (QED) is 0.600. The number of carbonyl (C=O) groups excluding carboxylic acids is 1. The van der Waals surface area contributed by atoms with Crippen molar-refractivity contribution in [2.45, 2.75) is 18.5 Å². The number of halogens is 1. The molecule has 2 atom stereocenters. The Bertz CT molecular complexity index is 1150. The van der Waals surface area contributed by atoms with E-state index in [0.29, 0.717) is 35.0 Å². The van der Waals surface area contributed by atoms with Gasteiger partial charge in [0.15, 0.2) is 0 Å². The fourth-order valence-corrected chi connectivity index (χ4v) is 2.95. The molecule has 1 saturated carbocycles. The lowest BCUT2D eigenvalue weighted by molar-refractivity contribution is 0.102. The number of anilines is 1. The first-order valence-electron chi connectivity index (χ1n) is 8.51. The van der Waals surface area contributed by atoms with E-state index in [1.54, 1.807) is 41.2 Å². The molecular weight excluding hydrogens is 349 g/mol. The molecule has 0 bridgehead atoms. The molecule has 5 rings (SSSR count). The molecule has 0 saturated heterocycles. The van der Waals surface area contributed by atoms with Crippen LogP contribution in [0.2, 0.25) is 0 Å². The molecular formula is C19H14FN5O2. The minimum atomic E-state index is -0.902. The summed E-state index contributed by atoms with van der Waals surface area (Å²) in [5.41, 5.74) is 2.50. The molecule has 1 aliphatic carbocycles. The number of amides is 1. The van der Waals surface area contributed by atoms with Crippen molar-refractivity contribution in [2.24, 2.45) is 0 Å². The molecule has 7 nitrogen and oxygen atoms in total. The van der Waals surface area contributed by atoms with E-state index < -0.39 is 6.17 Å². The SMILES string of the molecule is O=C(Nc1cnn2ccccc12)c1cccc(-c2noc([C@H]3C[C@@H]3F)n2)c1. The highest BCUT2D eigenvalue weighted by Crippen LogP contribution is 2.42. The summed E-state index contributed by atoms with van der Waals surface area (Å²) in [6.45, 7) is 0. The zero-order valence-corrected chi connectivity index (χ0v) is 14.0. The van der Waals surface area contributed by atoms with E-state index in [0.717, 1.165) is 5.52 Å². The predicted octanol–water partition coefficient (Wildman–Crippen LogP) is 3.46. The summed E-state index contributed by atoms with van der Waals surface area (Å²) in [4.78, 5) is 16.9. The van der Waals surface area contributed by atoms with Crippen molar-refractivity contribution >= 4 is 17.1 Å². The van der Waals surface area contributed by atoms with Gasteiger partial charge in [-0.15, -0.1) is 0 Å². The average molecular weight is 363 g/mol. The topological polar surface area (TPSA) is 85.3 Å². The molecule has 1 amide bonds.